The van der Waals surface area contributed by atoms with Crippen molar-refractivity contribution in [2.45, 2.75) is 44.6 Å². The van der Waals surface area contributed by atoms with Crippen LogP contribution in [0.5, 0.6) is 0 Å². The van der Waals surface area contributed by atoms with Crippen LogP contribution < -0.4 is 5.32 Å². The van der Waals surface area contributed by atoms with E-state index in [1.165, 1.54) is 29.4 Å². The van der Waals surface area contributed by atoms with Crippen LogP contribution in [0.4, 0.5) is 0 Å². The molecule has 2 nitrogen and oxygen atoms in total. The zero-order chi connectivity index (χ0) is 16.4. The van der Waals surface area contributed by atoms with Gasteiger partial charge in [0.2, 0.25) is 0 Å². The first-order valence-corrected chi connectivity index (χ1v) is 9.01. The fourth-order valence-electron chi connectivity index (χ4n) is 3.78. The molecule has 0 saturated carbocycles. The molecule has 0 unspecified atom stereocenters. The summed E-state index contributed by atoms with van der Waals surface area (Å²) < 4.78 is 6.05. The van der Waals surface area contributed by atoms with Crippen LogP contribution in [0.25, 0.3) is 11.0 Å². The first kappa shape index (κ1) is 15.5. The third-order valence-corrected chi connectivity index (χ3v) is 5.26. The molecule has 1 aromatic heterocycles. The van der Waals surface area contributed by atoms with E-state index >= 15 is 0 Å². The Morgan fingerprint density at radius 3 is 2.71 bits per heavy atom. The molecule has 3 aromatic rings. The third kappa shape index (κ3) is 3.39. The summed E-state index contributed by atoms with van der Waals surface area (Å²) in [6, 6.07) is 19.4. The summed E-state index contributed by atoms with van der Waals surface area (Å²) in [7, 11) is 0. The second kappa shape index (κ2) is 6.45. The number of furan rings is 1. The summed E-state index contributed by atoms with van der Waals surface area (Å²) in [4.78, 5) is 0. The molecule has 2 aromatic carbocycles. The van der Waals surface area contributed by atoms with E-state index in [9.17, 15) is 0 Å². The van der Waals surface area contributed by atoms with Crippen LogP contribution in [0.3, 0.4) is 0 Å². The van der Waals surface area contributed by atoms with E-state index in [2.05, 4.69) is 66.8 Å². The average Bonchev–Trinajstić information content (AvgIpc) is 3.20. The maximum Gasteiger partial charge on any atom is 0.134 e. The lowest BCUT2D eigenvalue weighted by Gasteiger charge is -2.23. The van der Waals surface area contributed by atoms with Crippen LogP contribution in [0.2, 0.25) is 0 Å². The Kier molecular flexibility index (Phi) is 4.15. The molecule has 0 amide bonds. The zero-order valence-electron chi connectivity index (χ0n) is 14.3. The van der Waals surface area contributed by atoms with Crippen molar-refractivity contribution in [1.29, 1.82) is 0 Å². The van der Waals surface area contributed by atoms with Crippen LogP contribution in [-0.2, 0) is 12.8 Å². The van der Waals surface area contributed by atoms with Crippen molar-refractivity contribution in [3.8, 4) is 0 Å². The van der Waals surface area contributed by atoms with E-state index in [1.807, 2.05) is 0 Å². The monoisotopic (exact) mass is 319 g/mol. The highest BCUT2D eigenvalue weighted by Crippen LogP contribution is 2.27. The molecule has 124 valence electrons. The predicted molar refractivity (Wildman–Crippen MR) is 99.4 cm³/mol. The van der Waals surface area contributed by atoms with Gasteiger partial charge in [-0.1, -0.05) is 36.4 Å². The molecule has 0 aliphatic carbocycles. The Bertz CT molecular complexity index is 812. The van der Waals surface area contributed by atoms with Crippen LogP contribution in [0.15, 0.2) is 59.0 Å². The number of hydrogen-bond donors (Lipinski definition) is 1. The topological polar surface area (TPSA) is 25.2 Å². The van der Waals surface area contributed by atoms with Crippen LogP contribution >= 0.6 is 0 Å². The van der Waals surface area contributed by atoms with Crippen molar-refractivity contribution in [1.82, 2.24) is 5.32 Å². The summed E-state index contributed by atoms with van der Waals surface area (Å²) in [5, 5.41) is 4.86. The quantitative estimate of drug-likeness (QED) is 0.708. The van der Waals surface area contributed by atoms with E-state index in [4.69, 9.17) is 4.42 Å². The van der Waals surface area contributed by atoms with Crippen LogP contribution in [0, 0.1) is 0 Å². The maximum absolute atomic E-state index is 6.05. The minimum atomic E-state index is 0.289. The first-order chi connectivity index (χ1) is 11.7. The molecule has 4 rings (SSSR count). The van der Waals surface area contributed by atoms with E-state index < -0.39 is 0 Å². The van der Waals surface area contributed by atoms with E-state index in [0.29, 0.717) is 0 Å². The average molecular weight is 319 g/mol. The van der Waals surface area contributed by atoms with Crippen molar-refractivity contribution in [2.75, 3.05) is 6.54 Å². The summed E-state index contributed by atoms with van der Waals surface area (Å²) in [5.41, 5.74) is 3.98. The molecule has 0 bridgehead atoms. The summed E-state index contributed by atoms with van der Waals surface area (Å²) in [6.07, 6.45) is 5.68. The molecule has 1 aliphatic rings. The Morgan fingerprint density at radius 1 is 1.04 bits per heavy atom. The fraction of sp³-hybridized carbons (Fsp3) is 0.364. The van der Waals surface area contributed by atoms with Gasteiger partial charge in [-0.15, -0.1) is 0 Å². The number of rotatable bonds is 5. The smallest absolute Gasteiger partial charge is 0.134 e. The first-order valence-electron chi connectivity index (χ1n) is 9.01. The maximum atomic E-state index is 6.05. The molecule has 1 atom stereocenters. The minimum Gasteiger partial charge on any atom is -0.461 e. The molecule has 1 fully saturated rings. The van der Waals surface area contributed by atoms with Gasteiger partial charge in [0.15, 0.2) is 0 Å². The minimum absolute atomic E-state index is 0.289. The van der Waals surface area contributed by atoms with Gasteiger partial charge in [0.25, 0.3) is 0 Å². The lowest BCUT2D eigenvalue weighted by molar-refractivity contribution is 0.370. The second-order valence-corrected chi connectivity index (χ2v) is 7.34. The largest absolute Gasteiger partial charge is 0.461 e. The van der Waals surface area contributed by atoms with Gasteiger partial charge in [-0.3, -0.25) is 0 Å². The molecule has 2 heteroatoms. The molecule has 24 heavy (non-hydrogen) atoms. The number of hydrogen-bond acceptors (Lipinski definition) is 2. The third-order valence-electron chi connectivity index (χ3n) is 5.26. The Morgan fingerprint density at radius 2 is 1.92 bits per heavy atom. The van der Waals surface area contributed by atoms with E-state index in [-0.39, 0.29) is 5.54 Å². The summed E-state index contributed by atoms with van der Waals surface area (Å²) >= 11 is 0. The van der Waals surface area contributed by atoms with Crippen LogP contribution in [-0.4, -0.2) is 12.1 Å². The number of benzene rings is 2. The van der Waals surface area contributed by atoms with Gasteiger partial charge in [-0.25, -0.2) is 0 Å². The Labute approximate surface area is 143 Å². The lowest BCUT2D eigenvalue weighted by atomic mass is 9.93. The molecule has 1 saturated heterocycles. The Hall–Kier alpha value is -2.06. The summed E-state index contributed by atoms with van der Waals surface area (Å²) in [5.74, 6) is 1.11. The number of fused-ring (bicyclic) bond motifs is 1. The molecule has 0 spiro atoms. The highest BCUT2D eigenvalue weighted by Gasteiger charge is 2.27. The Balaban J connectivity index is 1.48. The van der Waals surface area contributed by atoms with Gasteiger partial charge in [-0.2, -0.15) is 0 Å². The second-order valence-electron chi connectivity index (χ2n) is 7.34. The van der Waals surface area contributed by atoms with E-state index in [0.717, 1.165) is 37.2 Å². The van der Waals surface area contributed by atoms with Crippen molar-refractivity contribution < 1.29 is 4.42 Å². The lowest BCUT2D eigenvalue weighted by Crippen LogP contribution is -2.36. The van der Waals surface area contributed by atoms with Gasteiger partial charge >= 0.3 is 0 Å². The van der Waals surface area contributed by atoms with E-state index in [1.54, 1.807) is 0 Å². The molecule has 0 radical (unpaired) electrons. The zero-order valence-corrected chi connectivity index (χ0v) is 14.3. The summed E-state index contributed by atoms with van der Waals surface area (Å²) in [6.45, 7) is 3.49. The molecular weight excluding hydrogens is 294 g/mol. The predicted octanol–water partition coefficient (Wildman–Crippen LogP) is 5.10. The van der Waals surface area contributed by atoms with Gasteiger partial charge < -0.3 is 9.73 Å². The molecule has 1 aliphatic heterocycles. The van der Waals surface area contributed by atoms with Crippen molar-refractivity contribution in [3.63, 3.8) is 0 Å². The van der Waals surface area contributed by atoms with Gasteiger partial charge in [-0.05, 0) is 68.5 Å². The van der Waals surface area contributed by atoms with Crippen LogP contribution in [0.1, 0.15) is 43.1 Å². The van der Waals surface area contributed by atoms with Crippen molar-refractivity contribution >= 4 is 11.0 Å². The number of nitrogens with one attached hydrogen (secondary N) is 1. The van der Waals surface area contributed by atoms with Crippen molar-refractivity contribution in [3.05, 3.63) is 71.5 Å². The highest BCUT2D eigenvalue weighted by atomic mass is 16.3. The SMILES string of the molecule is C[C@]1(CCc2cc3cc(Cc4ccccc4)ccc3o2)CCCN1. The molecule has 2 heterocycles. The normalized spacial score (nSPS) is 20.7. The van der Waals surface area contributed by atoms with Gasteiger partial charge in [0.1, 0.15) is 11.3 Å². The molecule has 1 N–H and O–H groups in total. The molecular formula is C22H25NO. The fourth-order valence-corrected chi connectivity index (χ4v) is 3.78. The highest BCUT2D eigenvalue weighted by molar-refractivity contribution is 5.78. The van der Waals surface area contributed by atoms with Gasteiger partial charge in [0.05, 0.1) is 0 Å². The van der Waals surface area contributed by atoms with Crippen molar-refractivity contribution in [2.24, 2.45) is 0 Å². The standard InChI is InChI=1S/C22H25NO/c1-22(11-5-13-23-22)12-10-20-16-19-15-18(8-9-21(19)24-20)14-17-6-3-2-4-7-17/h2-4,6-9,15-16,23H,5,10-14H2,1H3/t22-/m1/s1. The number of aryl methyl sites for hydroxylation is 1. The van der Waals surface area contributed by atoms with Gasteiger partial charge in [0, 0.05) is 17.3 Å².